The molecule has 3 aromatic heterocycles. The molecule has 0 saturated carbocycles. The number of aliphatic hydroxyl groups excluding tert-OH is 2. The molecule has 4 unspecified atom stereocenters. The molecule has 5 heterocycles. The van der Waals surface area contributed by atoms with Crippen LogP contribution in [-0.4, -0.2) is 150 Å². The molecular weight excluding hydrogens is 1530 g/mol. The SMILES string of the molecule is C=CC(=O)Nc1cccc(-c2nc(Cl)ncc2Nc2cccc(F)c2)c1.C=CC(=O)Nc1cccc(-c2nc(Nc3ccc(N4CC(O)N(C)C(F)C4)cc3)ncc2Nc2cccc(F)c2)c1.C=CC(=O)Nc1cccc(B(O)O)c1.CN1C(O)CN(c2ccc(N)cc2)CC1F.Fc1cccc(Nc2cnc(Cl)nc2Cl)c1. The van der Waals surface area contributed by atoms with Crippen molar-refractivity contribution in [2.75, 3.05) is 93.0 Å². The number of carbonyl (C=O) groups is 3. The number of benzene rings is 8. The van der Waals surface area contributed by atoms with Crippen LogP contribution in [0, 0.1) is 17.5 Å². The summed E-state index contributed by atoms with van der Waals surface area (Å²) in [5, 5.41) is 58.1. The number of alkyl halides is 2. The molecule has 2 saturated heterocycles. The van der Waals surface area contributed by atoms with Crippen molar-refractivity contribution in [3.05, 3.63) is 284 Å². The number of likely N-dealkylation sites (N-methyl/N-ethyl adjacent to an activating group) is 2. The number of nitrogens with zero attached hydrogens (tertiary/aromatic N) is 10. The fourth-order valence-corrected chi connectivity index (χ4v) is 11.1. The molecule has 13 N–H and O–H groups in total. The van der Waals surface area contributed by atoms with E-state index < -0.39 is 32.2 Å². The van der Waals surface area contributed by atoms with E-state index in [1.54, 1.807) is 128 Å². The Labute approximate surface area is 662 Å². The Morgan fingerprint density at radius 1 is 0.469 bits per heavy atom. The zero-order valence-corrected chi connectivity index (χ0v) is 62.6. The molecule has 3 amide bonds. The van der Waals surface area contributed by atoms with Gasteiger partial charge in [-0.25, -0.2) is 61.7 Å². The lowest BCUT2D eigenvalue weighted by molar-refractivity contribution is -0.112. The van der Waals surface area contributed by atoms with Gasteiger partial charge in [0.05, 0.1) is 73.2 Å². The highest BCUT2D eigenvalue weighted by molar-refractivity contribution is 6.58. The first kappa shape index (κ1) is 84.6. The minimum Gasteiger partial charge on any atom is -0.423 e. The van der Waals surface area contributed by atoms with E-state index in [9.17, 15) is 46.5 Å². The van der Waals surface area contributed by atoms with E-state index in [0.717, 1.165) is 17.5 Å². The van der Waals surface area contributed by atoms with Gasteiger partial charge in [0.2, 0.25) is 34.2 Å². The molecule has 0 spiro atoms. The summed E-state index contributed by atoms with van der Waals surface area (Å²) in [7, 11) is 1.60. The van der Waals surface area contributed by atoms with Crippen LogP contribution in [-0.2, 0) is 14.4 Å². The Hall–Kier alpha value is -12.4. The highest BCUT2D eigenvalue weighted by Crippen LogP contribution is 2.35. The maximum atomic E-state index is 14.2. The molecule has 11 aromatic rings. The third kappa shape index (κ3) is 25.6. The van der Waals surface area contributed by atoms with Gasteiger partial charge in [-0.3, -0.25) is 14.4 Å². The number of hydrogen-bond donors (Lipinski definition) is 12. The van der Waals surface area contributed by atoms with Gasteiger partial charge in [-0.05, 0) is 201 Å². The first-order valence-corrected chi connectivity index (χ1v) is 35.3. The first-order chi connectivity index (χ1) is 54.2. The number of rotatable bonds is 19. The van der Waals surface area contributed by atoms with E-state index in [1.807, 2.05) is 53.4 Å². The summed E-state index contributed by atoms with van der Waals surface area (Å²) in [6, 6.07) is 53.1. The van der Waals surface area contributed by atoms with Crippen molar-refractivity contribution >= 4 is 145 Å². The average Bonchev–Trinajstić information content (AvgIpc) is 0.816. The predicted molar refractivity (Wildman–Crippen MR) is 436 cm³/mol. The summed E-state index contributed by atoms with van der Waals surface area (Å²) in [4.78, 5) is 65.4. The molecule has 113 heavy (non-hydrogen) atoms. The quantitative estimate of drug-likeness (QED) is 0.00680. The average molecular weight is 1600 g/mol. The summed E-state index contributed by atoms with van der Waals surface area (Å²) in [6.07, 6.45) is 3.95. The fraction of sp³-hybridized carbons (Fsp3) is 0.127. The van der Waals surface area contributed by atoms with Crippen molar-refractivity contribution in [2.45, 2.75) is 25.0 Å². The van der Waals surface area contributed by atoms with Gasteiger partial charge in [0, 0.05) is 68.0 Å². The maximum Gasteiger partial charge on any atom is 0.488 e. The summed E-state index contributed by atoms with van der Waals surface area (Å²) >= 11 is 17.3. The molecule has 0 radical (unpaired) electrons. The number of piperazine rings is 2. The number of carbonyl (C=O) groups excluding carboxylic acids is 3. The predicted octanol–water partition coefficient (Wildman–Crippen LogP) is 13.9. The molecule has 582 valence electrons. The summed E-state index contributed by atoms with van der Waals surface area (Å²) in [6.45, 7) is 11.3. The molecule has 0 bridgehead atoms. The molecule has 2 aliphatic rings. The molecule has 0 aliphatic carbocycles. The van der Waals surface area contributed by atoms with Crippen molar-refractivity contribution in [2.24, 2.45) is 0 Å². The summed E-state index contributed by atoms with van der Waals surface area (Å²) < 4.78 is 68.0. The maximum absolute atomic E-state index is 14.2. The number of nitrogen functional groups attached to an aromatic ring is 1. The zero-order chi connectivity index (χ0) is 81.3. The third-order valence-corrected chi connectivity index (χ3v) is 17.1. The molecule has 2 aliphatic heterocycles. The summed E-state index contributed by atoms with van der Waals surface area (Å²) in [5.74, 6) is -1.78. The van der Waals surface area contributed by atoms with E-state index in [-0.39, 0.29) is 64.0 Å². The number of anilines is 14. The number of nitrogens with two attached hydrogens (primary N) is 1. The van der Waals surface area contributed by atoms with E-state index in [1.165, 1.54) is 76.8 Å². The van der Waals surface area contributed by atoms with Crippen LogP contribution in [0.2, 0.25) is 15.7 Å². The Morgan fingerprint density at radius 3 is 1.27 bits per heavy atom. The Kier molecular flexibility index (Phi) is 30.7. The van der Waals surface area contributed by atoms with Gasteiger partial charge in [0.25, 0.3) is 0 Å². The number of aliphatic hydroxyl groups is 2. The van der Waals surface area contributed by atoms with Crippen LogP contribution in [0.4, 0.5) is 102 Å². The molecule has 8 aromatic carbocycles. The number of nitrogens with one attached hydrogen (secondary N) is 7. The molecule has 2 fully saturated rings. The van der Waals surface area contributed by atoms with Gasteiger partial charge in [-0.2, -0.15) is 0 Å². The number of halogens is 8. The topological polar surface area (TPSA) is 333 Å². The number of hydrogen-bond acceptors (Lipinski definition) is 22. The fourth-order valence-electron chi connectivity index (χ4n) is 10.6. The van der Waals surface area contributed by atoms with Crippen molar-refractivity contribution in [1.82, 2.24) is 39.7 Å². The van der Waals surface area contributed by atoms with Gasteiger partial charge in [0.1, 0.15) is 29.9 Å². The largest absolute Gasteiger partial charge is 0.488 e. The van der Waals surface area contributed by atoms with Gasteiger partial charge in [-0.15, -0.1) is 0 Å². The standard InChI is InChI=1S/C30H29F2N7O2.C19H14ClFN4O.C11H16FN3O.C10H6Cl2FN3.C9H10BNO3/c1-3-27(40)35-22-8-4-6-19(14-22)29-25(34-23-9-5-7-20(31)15-23)16-33-30(37-29)36-21-10-12-24(13-11-21)39-17-26(32)38(2)28(41)18-39;1-2-17(26)24-14-7-3-5-12(9-14)18-16(11-22-19(20)25-18)23-15-8-4-6-13(21)10-15;1-14-10(12)6-15(7-11(14)16)9-4-2-8(13)3-5-9;11-9-8(5-14-10(12)16-9)15-7-3-1-2-6(13)4-7;1-2-9(12)11-8-5-3-4-7(6-8)10(13)14/h3-16,26,28,34,41H,1,17-18H2,2H3,(H,35,40)(H,33,36,37);2-11,23H,1H2,(H,24,26);2-5,10-11,16H,6-7,13H2,1H3;1-5,15H;2-6,13-14H,1H2,(H,11,12). The van der Waals surface area contributed by atoms with Crippen LogP contribution in [0.1, 0.15) is 0 Å². The normalized spacial score (nSPS) is 15.0. The Morgan fingerprint density at radius 2 is 0.850 bits per heavy atom. The lowest BCUT2D eigenvalue weighted by Crippen LogP contribution is -2.55. The molecule has 4 atom stereocenters. The van der Waals surface area contributed by atoms with Gasteiger partial charge >= 0.3 is 7.12 Å². The number of amides is 3. The van der Waals surface area contributed by atoms with Crippen LogP contribution >= 0.6 is 34.8 Å². The van der Waals surface area contributed by atoms with E-state index in [0.29, 0.717) is 110 Å². The second-order valence-corrected chi connectivity index (χ2v) is 25.6. The zero-order valence-electron chi connectivity index (χ0n) is 60.4. The second-order valence-electron chi connectivity index (χ2n) is 24.6. The highest BCUT2D eigenvalue weighted by atomic mass is 35.5. The highest BCUT2D eigenvalue weighted by Gasteiger charge is 2.32. The van der Waals surface area contributed by atoms with Crippen molar-refractivity contribution in [1.29, 1.82) is 0 Å². The van der Waals surface area contributed by atoms with E-state index in [2.05, 4.69) is 81.9 Å². The van der Waals surface area contributed by atoms with Crippen molar-refractivity contribution < 1.29 is 56.6 Å². The van der Waals surface area contributed by atoms with Crippen LogP contribution < -0.4 is 58.2 Å². The van der Waals surface area contributed by atoms with Gasteiger partial charge in [-0.1, -0.05) is 85.9 Å². The molecule has 25 nitrogen and oxygen atoms in total. The van der Waals surface area contributed by atoms with Crippen molar-refractivity contribution in [3.8, 4) is 22.5 Å². The van der Waals surface area contributed by atoms with Crippen LogP contribution in [0.3, 0.4) is 0 Å². The lowest BCUT2D eigenvalue weighted by Gasteiger charge is -2.40. The van der Waals surface area contributed by atoms with E-state index in [4.69, 9.17) is 55.6 Å². The van der Waals surface area contributed by atoms with Crippen LogP contribution in [0.25, 0.3) is 22.5 Å². The van der Waals surface area contributed by atoms with Crippen molar-refractivity contribution in [3.63, 3.8) is 0 Å². The third-order valence-electron chi connectivity index (χ3n) is 16.5. The number of aromatic nitrogens is 6. The minimum absolute atomic E-state index is 0.0646. The van der Waals surface area contributed by atoms with Crippen LogP contribution in [0.15, 0.2) is 251 Å². The van der Waals surface area contributed by atoms with E-state index >= 15 is 0 Å². The Balaban J connectivity index is 0.000000174. The lowest BCUT2D eigenvalue weighted by atomic mass is 9.80. The minimum atomic E-state index is -1.53. The Bertz CT molecular complexity index is 5090. The van der Waals surface area contributed by atoms with Gasteiger partial charge < -0.3 is 73.0 Å². The monoisotopic (exact) mass is 1600 g/mol. The number of β-amino-alcohol motifs (C(OH)–C–C–N with tert-alkyl or cyclic N) is 2. The van der Waals surface area contributed by atoms with Gasteiger partial charge in [0.15, 0.2) is 17.7 Å². The van der Waals surface area contributed by atoms with Crippen LogP contribution in [0.5, 0.6) is 0 Å². The summed E-state index contributed by atoms with van der Waals surface area (Å²) in [5.41, 5.74) is 16.2. The molecule has 13 rings (SSSR count). The molecule has 34 heteroatoms. The molecular formula is C79H75BCl3F5N18O7. The first-order valence-electron chi connectivity index (χ1n) is 34.1. The smallest absolute Gasteiger partial charge is 0.423 e. The second kappa shape index (κ2) is 41.0.